The number of benzene rings is 1. The van der Waals surface area contributed by atoms with Crippen molar-refractivity contribution in [1.82, 2.24) is 19.7 Å². The molecule has 2 N–H and O–H groups in total. The zero-order valence-electron chi connectivity index (χ0n) is 11.4. The number of hydrogen-bond donors (Lipinski definition) is 2. The van der Waals surface area contributed by atoms with E-state index in [9.17, 15) is 0 Å². The molecule has 0 atom stereocenters. The highest BCUT2D eigenvalue weighted by Gasteiger charge is 2.02. The highest BCUT2D eigenvalue weighted by Crippen LogP contribution is 2.20. The maximum atomic E-state index is 4.17. The fourth-order valence-electron chi connectivity index (χ4n) is 2.19. The minimum absolute atomic E-state index is 0.764. The number of imidazole rings is 1. The van der Waals surface area contributed by atoms with Crippen LogP contribution in [0.15, 0.2) is 49.1 Å². The summed E-state index contributed by atoms with van der Waals surface area (Å²) in [5, 5.41) is 10.4. The Morgan fingerprint density at radius 3 is 3.05 bits per heavy atom. The van der Waals surface area contributed by atoms with E-state index in [1.54, 1.807) is 6.20 Å². The monoisotopic (exact) mass is 267 g/mol. The predicted octanol–water partition coefficient (Wildman–Crippen LogP) is 2.91. The summed E-state index contributed by atoms with van der Waals surface area (Å²) < 4.78 is 2.13. The summed E-state index contributed by atoms with van der Waals surface area (Å²) in [5.41, 5.74) is 4.41. The van der Waals surface area contributed by atoms with Crippen LogP contribution in [0.2, 0.25) is 0 Å². The van der Waals surface area contributed by atoms with E-state index in [0.29, 0.717) is 0 Å². The van der Waals surface area contributed by atoms with Gasteiger partial charge in [-0.15, -0.1) is 0 Å². The standard InChI is InChI=1S/C15H17N5/c1-2-20-11-16-9-14(20)10-17-13-5-3-4-12(8-13)15-6-7-18-19-15/h3-9,11,17H,2,10H2,1H3,(H,18,19). The Balaban J connectivity index is 1.74. The third kappa shape index (κ3) is 2.56. The number of H-pyrrole nitrogens is 1. The van der Waals surface area contributed by atoms with Gasteiger partial charge in [-0.3, -0.25) is 5.10 Å². The van der Waals surface area contributed by atoms with Gasteiger partial charge in [0.15, 0.2) is 0 Å². The molecule has 2 heterocycles. The first kappa shape index (κ1) is 12.5. The van der Waals surface area contributed by atoms with Gasteiger partial charge in [-0.1, -0.05) is 12.1 Å². The van der Waals surface area contributed by atoms with Crippen LogP contribution in [-0.2, 0) is 13.1 Å². The number of nitrogens with one attached hydrogen (secondary N) is 2. The summed E-state index contributed by atoms with van der Waals surface area (Å²) in [5.74, 6) is 0. The topological polar surface area (TPSA) is 58.5 Å². The van der Waals surface area contributed by atoms with Crippen molar-refractivity contribution in [1.29, 1.82) is 0 Å². The van der Waals surface area contributed by atoms with Crippen LogP contribution in [0, 0.1) is 0 Å². The highest BCUT2D eigenvalue weighted by atomic mass is 15.1. The predicted molar refractivity (Wildman–Crippen MR) is 79.3 cm³/mol. The van der Waals surface area contributed by atoms with E-state index < -0.39 is 0 Å². The molecule has 5 nitrogen and oxygen atoms in total. The maximum Gasteiger partial charge on any atom is 0.0948 e. The van der Waals surface area contributed by atoms with E-state index in [-0.39, 0.29) is 0 Å². The van der Waals surface area contributed by atoms with Gasteiger partial charge < -0.3 is 9.88 Å². The van der Waals surface area contributed by atoms with Gasteiger partial charge in [-0.05, 0) is 25.1 Å². The van der Waals surface area contributed by atoms with Crippen LogP contribution in [-0.4, -0.2) is 19.7 Å². The van der Waals surface area contributed by atoms with Crippen molar-refractivity contribution < 1.29 is 0 Å². The van der Waals surface area contributed by atoms with Gasteiger partial charge in [0.1, 0.15) is 0 Å². The van der Waals surface area contributed by atoms with Crippen molar-refractivity contribution in [2.75, 3.05) is 5.32 Å². The van der Waals surface area contributed by atoms with E-state index in [1.165, 1.54) is 5.69 Å². The maximum absolute atomic E-state index is 4.17. The highest BCUT2D eigenvalue weighted by molar-refractivity contribution is 5.64. The van der Waals surface area contributed by atoms with Crippen LogP contribution >= 0.6 is 0 Å². The number of anilines is 1. The Hall–Kier alpha value is -2.56. The first-order chi connectivity index (χ1) is 9.86. The summed E-state index contributed by atoms with van der Waals surface area (Å²) in [7, 11) is 0. The summed E-state index contributed by atoms with van der Waals surface area (Å²) in [6.45, 7) is 3.81. The average molecular weight is 267 g/mol. The van der Waals surface area contributed by atoms with Gasteiger partial charge in [0.2, 0.25) is 0 Å². The Morgan fingerprint density at radius 1 is 1.30 bits per heavy atom. The van der Waals surface area contributed by atoms with Gasteiger partial charge in [0.25, 0.3) is 0 Å². The first-order valence-electron chi connectivity index (χ1n) is 6.69. The lowest BCUT2D eigenvalue weighted by Crippen LogP contribution is -2.05. The molecule has 102 valence electrons. The fraction of sp³-hybridized carbons (Fsp3) is 0.200. The molecule has 0 saturated carbocycles. The lowest BCUT2D eigenvalue weighted by atomic mass is 10.1. The smallest absolute Gasteiger partial charge is 0.0948 e. The summed E-state index contributed by atoms with van der Waals surface area (Å²) >= 11 is 0. The van der Waals surface area contributed by atoms with Crippen molar-refractivity contribution in [2.24, 2.45) is 0 Å². The molecule has 0 aliphatic carbocycles. The van der Waals surface area contributed by atoms with Crippen LogP contribution < -0.4 is 5.32 Å². The third-order valence-corrected chi connectivity index (χ3v) is 3.29. The Labute approximate surface area is 117 Å². The van der Waals surface area contributed by atoms with Crippen LogP contribution in [0.1, 0.15) is 12.6 Å². The molecule has 0 aliphatic heterocycles. The number of hydrogen-bond acceptors (Lipinski definition) is 3. The zero-order chi connectivity index (χ0) is 13.8. The molecule has 0 fully saturated rings. The van der Waals surface area contributed by atoms with Crippen LogP contribution in [0.25, 0.3) is 11.3 Å². The summed E-state index contributed by atoms with van der Waals surface area (Å²) in [6, 6.07) is 10.2. The number of aromatic nitrogens is 4. The van der Waals surface area contributed by atoms with Crippen LogP contribution in [0.4, 0.5) is 5.69 Å². The Bertz CT molecular complexity index is 669. The average Bonchev–Trinajstić information content (AvgIpc) is 3.16. The summed E-state index contributed by atoms with van der Waals surface area (Å²) in [6.07, 6.45) is 5.52. The molecule has 0 aliphatic rings. The number of rotatable bonds is 5. The molecule has 1 aromatic carbocycles. The van der Waals surface area contributed by atoms with E-state index in [4.69, 9.17) is 0 Å². The lowest BCUT2D eigenvalue weighted by Gasteiger charge is -2.09. The van der Waals surface area contributed by atoms with E-state index in [0.717, 1.165) is 30.0 Å². The molecule has 0 amide bonds. The quantitative estimate of drug-likeness (QED) is 0.747. The molecule has 0 saturated heterocycles. The molecule has 0 bridgehead atoms. The molecule has 0 radical (unpaired) electrons. The minimum Gasteiger partial charge on any atom is -0.379 e. The van der Waals surface area contributed by atoms with E-state index >= 15 is 0 Å². The first-order valence-corrected chi connectivity index (χ1v) is 6.69. The van der Waals surface area contributed by atoms with Gasteiger partial charge in [0, 0.05) is 30.2 Å². The molecular formula is C15H17N5. The van der Waals surface area contributed by atoms with Gasteiger partial charge in [0.05, 0.1) is 24.3 Å². The van der Waals surface area contributed by atoms with Gasteiger partial charge >= 0.3 is 0 Å². The minimum atomic E-state index is 0.764. The lowest BCUT2D eigenvalue weighted by molar-refractivity contribution is 0.719. The van der Waals surface area contributed by atoms with Gasteiger partial charge in [-0.25, -0.2) is 4.98 Å². The largest absolute Gasteiger partial charge is 0.379 e. The molecule has 3 rings (SSSR count). The van der Waals surface area contributed by atoms with Gasteiger partial charge in [-0.2, -0.15) is 5.10 Å². The Kier molecular flexibility index (Phi) is 3.50. The fourth-order valence-corrected chi connectivity index (χ4v) is 2.19. The molecular weight excluding hydrogens is 250 g/mol. The van der Waals surface area contributed by atoms with Crippen molar-refractivity contribution in [3.05, 3.63) is 54.7 Å². The number of aromatic amines is 1. The molecule has 20 heavy (non-hydrogen) atoms. The van der Waals surface area contributed by atoms with Crippen molar-refractivity contribution in [3.8, 4) is 11.3 Å². The molecule has 3 aromatic rings. The normalized spacial score (nSPS) is 10.7. The SMILES string of the molecule is CCn1cncc1CNc1cccc(-c2ccn[nH]2)c1. The number of aryl methyl sites for hydroxylation is 1. The van der Waals surface area contributed by atoms with Crippen molar-refractivity contribution in [3.63, 3.8) is 0 Å². The molecule has 2 aromatic heterocycles. The summed E-state index contributed by atoms with van der Waals surface area (Å²) in [4.78, 5) is 4.17. The number of nitrogens with zero attached hydrogens (tertiary/aromatic N) is 3. The molecule has 0 unspecified atom stereocenters. The second-order valence-corrected chi connectivity index (χ2v) is 4.58. The molecule has 0 spiro atoms. The van der Waals surface area contributed by atoms with Crippen LogP contribution in [0.3, 0.4) is 0 Å². The second-order valence-electron chi connectivity index (χ2n) is 4.58. The zero-order valence-corrected chi connectivity index (χ0v) is 11.4. The molecule has 5 heteroatoms. The van der Waals surface area contributed by atoms with E-state index in [2.05, 4.69) is 50.2 Å². The Morgan fingerprint density at radius 2 is 2.25 bits per heavy atom. The van der Waals surface area contributed by atoms with Crippen LogP contribution in [0.5, 0.6) is 0 Å². The van der Waals surface area contributed by atoms with Crippen molar-refractivity contribution >= 4 is 5.69 Å². The second kappa shape index (κ2) is 5.61. The van der Waals surface area contributed by atoms with Crippen molar-refractivity contribution in [2.45, 2.75) is 20.0 Å². The van der Waals surface area contributed by atoms with E-state index in [1.807, 2.05) is 24.7 Å². The third-order valence-electron chi connectivity index (χ3n) is 3.29.